The van der Waals surface area contributed by atoms with Gasteiger partial charge in [-0.2, -0.15) is 0 Å². The molecule has 1 heteroatoms. The number of allylic oxidation sites excluding steroid dienone is 1. The van der Waals surface area contributed by atoms with E-state index in [1.54, 1.807) is 0 Å². The lowest BCUT2D eigenvalue weighted by Gasteiger charge is -2.12. The third-order valence-electron chi connectivity index (χ3n) is 7.04. The van der Waals surface area contributed by atoms with Gasteiger partial charge in [-0.1, -0.05) is 84.9 Å². The van der Waals surface area contributed by atoms with E-state index in [0.29, 0.717) is 0 Å². The van der Waals surface area contributed by atoms with Gasteiger partial charge in [0.25, 0.3) is 0 Å². The number of aryl methyl sites for hydroxylation is 2. The molecule has 0 amide bonds. The number of hydrogen-bond donors (Lipinski definition) is 0. The fourth-order valence-electron chi connectivity index (χ4n) is 5.52. The van der Waals surface area contributed by atoms with Crippen molar-refractivity contribution in [1.82, 2.24) is 0 Å². The number of benzene rings is 5. The van der Waals surface area contributed by atoms with Gasteiger partial charge in [-0.05, 0) is 62.9 Å². The Morgan fingerprint density at radius 3 is 2.06 bits per heavy atom. The molecule has 1 aromatic heterocycles. The van der Waals surface area contributed by atoms with Gasteiger partial charge in [-0.3, -0.25) is 0 Å². The Morgan fingerprint density at radius 2 is 1.34 bits per heavy atom. The number of fused-ring (bicyclic) bond motifs is 9. The largest absolute Gasteiger partial charge is 0.460 e. The van der Waals surface area contributed by atoms with Gasteiger partial charge in [-0.15, -0.1) is 0 Å². The van der Waals surface area contributed by atoms with Crippen molar-refractivity contribution in [3.05, 3.63) is 102 Å². The van der Waals surface area contributed by atoms with E-state index in [2.05, 4.69) is 97.9 Å². The molecule has 0 saturated heterocycles. The average Bonchev–Trinajstić information content (AvgIpc) is 3.25. The van der Waals surface area contributed by atoms with Crippen molar-refractivity contribution >= 4 is 49.4 Å². The van der Waals surface area contributed by atoms with Crippen molar-refractivity contribution in [2.75, 3.05) is 0 Å². The second-order valence-electron chi connectivity index (χ2n) is 8.87. The van der Waals surface area contributed by atoms with Crippen molar-refractivity contribution in [3.8, 4) is 11.1 Å². The molecule has 1 aliphatic rings. The molecule has 0 unspecified atom stereocenters. The van der Waals surface area contributed by atoms with Gasteiger partial charge >= 0.3 is 0 Å². The van der Waals surface area contributed by atoms with E-state index in [4.69, 9.17) is 4.42 Å². The smallest absolute Gasteiger partial charge is 0.142 e. The molecule has 0 radical (unpaired) electrons. The lowest BCUT2D eigenvalue weighted by Crippen LogP contribution is -1.89. The van der Waals surface area contributed by atoms with Gasteiger partial charge in [0.1, 0.15) is 11.3 Å². The van der Waals surface area contributed by atoms with Gasteiger partial charge in [0.2, 0.25) is 0 Å². The summed E-state index contributed by atoms with van der Waals surface area (Å²) in [5.74, 6) is 1.12. The van der Waals surface area contributed by atoms with Crippen LogP contribution in [-0.2, 0) is 6.42 Å². The monoisotopic (exact) mass is 410 g/mol. The highest BCUT2D eigenvalue weighted by Crippen LogP contribution is 2.41. The summed E-state index contributed by atoms with van der Waals surface area (Å²) in [5.41, 5.74) is 5.94. The maximum absolute atomic E-state index is 6.48. The minimum absolute atomic E-state index is 0.980. The molecule has 152 valence electrons. The SMILES string of the molecule is Cc1ccc(-c2ccc3c4ccccc4c4ccccc4c3c2)c2oc3c(c12)C=CCC3. The first-order chi connectivity index (χ1) is 15.8. The van der Waals surface area contributed by atoms with E-state index in [9.17, 15) is 0 Å². The zero-order chi connectivity index (χ0) is 21.2. The van der Waals surface area contributed by atoms with Crippen molar-refractivity contribution in [2.24, 2.45) is 0 Å². The molecule has 32 heavy (non-hydrogen) atoms. The first kappa shape index (κ1) is 17.8. The number of hydrogen-bond acceptors (Lipinski definition) is 1. The second-order valence-corrected chi connectivity index (χ2v) is 8.87. The Morgan fingerprint density at radius 1 is 0.688 bits per heavy atom. The van der Waals surface area contributed by atoms with Gasteiger partial charge in [0.05, 0.1) is 0 Å². The summed E-state index contributed by atoms with van der Waals surface area (Å²) in [7, 11) is 0. The van der Waals surface area contributed by atoms with Gasteiger partial charge in [0, 0.05) is 22.9 Å². The highest BCUT2D eigenvalue weighted by Gasteiger charge is 2.19. The molecule has 6 aromatic rings. The quantitative estimate of drug-likeness (QED) is 0.247. The van der Waals surface area contributed by atoms with Crippen LogP contribution in [0.1, 0.15) is 23.3 Å². The molecule has 1 heterocycles. The fraction of sp³-hybridized carbons (Fsp3) is 0.0968. The summed E-state index contributed by atoms with van der Waals surface area (Å²) in [6.07, 6.45) is 6.53. The van der Waals surface area contributed by atoms with E-state index in [1.807, 2.05) is 0 Å². The van der Waals surface area contributed by atoms with Crippen molar-refractivity contribution in [3.63, 3.8) is 0 Å². The average molecular weight is 411 g/mol. The molecule has 0 N–H and O–H groups in total. The summed E-state index contributed by atoms with van der Waals surface area (Å²) < 4.78 is 6.48. The van der Waals surface area contributed by atoms with Crippen LogP contribution in [0.3, 0.4) is 0 Å². The van der Waals surface area contributed by atoms with Crippen LogP contribution in [0.15, 0.2) is 89.4 Å². The Labute approximate surface area is 186 Å². The third-order valence-corrected chi connectivity index (χ3v) is 7.04. The molecule has 0 aliphatic heterocycles. The molecule has 0 bridgehead atoms. The summed E-state index contributed by atoms with van der Waals surface area (Å²) in [6, 6.07) is 28.8. The van der Waals surface area contributed by atoms with Crippen LogP contribution in [-0.4, -0.2) is 0 Å². The summed E-state index contributed by atoms with van der Waals surface area (Å²) >= 11 is 0. The van der Waals surface area contributed by atoms with Crippen LogP contribution >= 0.6 is 0 Å². The van der Waals surface area contributed by atoms with E-state index < -0.39 is 0 Å². The first-order valence-corrected chi connectivity index (χ1v) is 11.3. The summed E-state index contributed by atoms with van der Waals surface area (Å²) in [6.45, 7) is 2.18. The Balaban J connectivity index is 1.58. The maximum atomic E-state index is 6.48. The minimum Gasteiger partial charge on any atom is -0.460 e. The Kier molecular flexibility index (Phi) is 3.66. The summed E-state index contributed by atoms with van der Waals surface area (Å²) in [4.78, 5) is 0. The van der Waals surface area contributed by atoms with Crippen LogP contribution in [0.4, 0.5) is 0 Å². The van der Waals surface area contributed by atoms with Crippen LogP contribution < -0.4 is 0 Å². The Hall–Kier alpha value is -3.84. The van der Waals surface area contributed by atoms with Crippen LogP contribution in [0, 0.1) is 6.92 Å². The molecular weight excluding hydrogens is 388 g/mol. The topological polar surface area (TPSA) is 13.1 Å². The van der Waals surface area contributed by atoms with Crippen molar-refractivity contribution in [2.45, 2.75) is 19.8 Å². The Bertz CT molecular complexity index is 1690. The molecule has 1 nitrogen and oxygen atoms in total. The predicted molar refractivity (Wildman–Crippen MR) is 136 cm³/mol. The molecule has 0 saturated carbocycles. The molecule has 7 rings (SSSR count). The standard InChI is InChI=1S/C31H22O/c1-19-14-16-21(31-30(19)27-12-6-7-13-29(27)32-31)20-15-17-26-24-10-3-2-8-22(24)23-9-4-5-11-25(23)28(26)18-20/h2-6,8-12,14-18H,7,13H2,1H3. The van der Waals surface area contributed by atoms with Crippen LogP contribution in [0.2, 0.25) is 0 Å². The molecule has 1 aliphatic carbocycles. The minimum atomic E-state index is 0.980. The summed E-state index contributed by atoms with van der Waals surface area (Å²) in [5, 5.41) is 9.08. The highest BCUT2D eigenvalue weighted by atomic mass is 16.3. The zero-order valence-electron chi connectivity index (χ0n) is 18.0. The first-order valence-electron chi connectivity index (χ1n) is 11.3. The lowest BCUT2D eigenvalue weighted by atomic mass is 9.91. The van der Waals surface area contributed by atoms with E-state index in [-0.39, 0.29) is 0 Å². The van der Waals surface area contributed by atoms with Crippen molar-refractivity contribution < 1.29 is 4.42 Å². The van der Waals surface area contributed by atoms with Gasteiger partial charge < -0.3 is 4.42 Å². The van der Waals surface area contributed by atoms with E-state index in [1.165, 1.54) is 60.0 Å². The van der Waals surface area contributed by atoms with Crippen LogP contribution in [0.25, 0.3) is 60.5 Å². The normalized spacial score (nSPS) is 13.4. The van der Waals surface area contributed by atoms with Gasteiger partial charge in [-0.25, -0.2) is 0 Å². The fourth-order valence-corrected chi connectivity index (χ4v) is 5.52. The van der Waals surface area contributed by atoms with E-state index in [0.717, 1.165) is 24.2 Å². The maximum Gasteiger partial charge on any atom is 0.142 e. The zero-order valence-corrected chi connectivity index (χ0v) is 18.0. The van der Waals surface area contributed by atoms with Gasteiger partial charge in [0.15, 0.2) is 0 Å². The van der Waals surface area contributed by atoms with E-state index >= 15 is 0 Å². The number of furan rings is 1. The highest BCUT2D eigenvalue weighted by molar-refractivity contribution is 6.25. The molecule has 0 spiro atoms. The third kappa shape index (κ3) is 2.39. The van der Waals surface area contributed by atoms with Crippen molar-refractivity contribution in [1.29, 1.82) is 0 Å². The number of rotatable bonds is 1. The second kappa shape index (κ2) is 6.58. The van der Waals surface area contributed by atoms with Crippen LogP contribution in [0.5, 0.6) is 0 Å². The molecule has 0 atom stereocenters. The molecule has 0 fully saturated rings. The molecular formula is C31H22O. The molecule has 5 aromatic carbocycles. The predicted octanol–water partition coefficient (Wildman–Crippen LogP) is 8.83. The lowest BCUT2D eigenvalue weighted by molar-refractivity contribution is 0.547.